The van der Waals surface area contributed by atoms with Gasteiger partial charge in [-0.25, -0.2) is 0 Å². The van der Waals surface area contributed by atoms with Crippen molar-refractivity contribution in [2.24, 2.45) is 16.7 Å². The molecule has 0 amide bonds. The lowest BCUT2D eigenvalue weighted by atomic mass is 9.58. The standard InChI is InChI=1S/C31H37ClO2S2/c1-30(2)19-27(31(3,4)28(20-30)35-25-15-11-23(33-5)12-16-25)29(21-7-9-22(32)10-8-21)36-26-17-13-24(34-6)14-18-26/h7-18,27-29H,19-20H2,1-6H3/t27-,28-,29?/m1/s1. The third-order valence-corrected chi connectivity index (χ3v) is 10.8. The number of hydrogen-bond donors (Lipinski definition) is 0. The quantitative estimate of drug-likeness (QED) is 0.264. The van der Waals surface area contributed by atoms with Crippen LogP contribution in [0.1, 0.15) is 51.3 Å². The van der Waals surface area contributed by atoms with Crippen LogP contribution in [0.4, 0.5) is 0 Å². The van der Waals surface area contributed by atoms with E-state index < -0.39 is 0 Å². The van der Waals surface area contributed by atoms with Gasteiger partial charge in [-0.3, -0.25) is 0 Å². The van der Waals surface area contributed by atoms with Gasteiger partial charge in [-0.2, -0.15) is 0 Å². The van der Waals surface area contributed by atoms with Crippen molar-refractivity contribution < 1.29 is 9.47 Å². The van der Waals surface area contributed by atoms with E-state index in [-0.39, 0.29) is 10.8 Å². The second-order valence-electron chi connectivity index (χ2n) is 11.0. The van der Waals surface area contributed by atoms with Crippen LogP contribution in [0.25, 0.3) is 0 Å². The Balaban J connectivity index is 1.69. The molecule has 1 unspecified atom stereocenters. The molecule has 0 spiro atoms. The average Bonchev–Trinajstić information content (AvgIpc) is 2.86. The van der Waals surface area contributed by atoms with E-state index in [4.69, 9.17) is 21.1 Å². The van der Waals surface area contributed by atoms with Crippen molar-refractivity contribution in [2.75, 3.05) is 14.2 Å². The molecule has 3 atom stereocenters. The smallest absolute Gasteiger partial charge is 0.118 e. The first kappa shape index (κ1) is 27.3. The number of benzene rings is 3. The molecule has 3 aromatic rings. The van der Waals surface area contributed by atoms with Crippen LogP contribution in [0.3, 0.4) is 0 Å². The van der Waals surface area contributed by atoms with E-state index in [1.54, 1.807) is 14.2 Å². The van der Waals surface area contributed by atoms with Crippen molar-refractivity contribution in [3.8, 4) is 11.5 Å². The van der Waals surface area contributed by atoms with Gasteiger partial charge in [-0.1, -0.05) is 51.4 Å². The molecule has 0 N–H and O–H groups in total. The topological polar surface area (TPSA) is 18.5 Å². The van der Waals surface area contributed by atoms with Gasteiger partial charge in [-0.15, -0.1) is 23.5 Å². The van der Waals surface area contributed by atoms with E-state index in [9.17, 15) is 0 Å². The Morgan fingerprint density at radius 1 is 0.750 bits per heavy atom. The summed E-state index contributed by atoms with van der Waals surface area (Å²) in [5.74, 6) is 2.27. The Morgan fingerprint density at radius 3 is 1.81 bits per heavy atom. The molecule has 2 nitrogen and oxygen atoms in total. The second kappa shape index (κ2) is 11.3. The number of hydrogen-bond acceptors (Lipinski definition) is 4. The summed E-state index contributed by atoms with van der Waals surface area (Å²) in [6.07, 6.45) is 2.36. The normalized spacial score (nSPS) is 21.5. The molecule has 1 aliphatic rings. The zero-order valence-electron chi connectivity index (χ0n) is 22.1. The number of ether oxygens (including phenoxy) is 2. The summed E-state index contributed by atoms with van der Waals surface area (Å²) in [4.78, 5) is 2.56. The molecule has 0 aromatic heterocycles. The van der Waals surface area contributed by atoms with Gasteiger partial charge in [0.15, 0.2) is 0 Å². The van der Waals surface area contributed by atoms with Crippen LogP contribution in [0.5, 0.6) is 11.5 Å². The molecule has 1 aliphatic carbocycles. The van der Waals surface area contributed by atoms with Crippen LogP contribution >= 0.6 is 35.1 Å². The summed E-state index contributed by atoms with van der Waals surface area (Å²) in [5.41, 5.74) is 1.70. The molecule has 3 aromatic carbocycles. The van der Waals surface area contributed by atoms with E-state index in [0.717, 1.165) is 16.5 Å². The maximum Gasteiger partial charge on any atom is 0.118 e. The maximum atomic E-state index is 6.30. The van der Waals surface area contributed by atoms with Crippen molar-refractivity contribution >= 4 is 35.1 Å². The van der Waals surface area contributed by atoms with Crippen molar-refractivity contribution in [1.29, 1.82) is 0 Å². The molecule has 0 heterocycles. The molecule has 1 fully saturated rings. The third-order valence-electron chi connectivity index (χ3n) is 7.52. The van der Waals surface area contributed by atoms with Gasteiger partial charge in [0.25, 0.3) is 0 Å². The summed E-state index contributed by atoms with van der Waals surface area (Å²) in [5, 5.41) is 1.58. The van der Waals surface area contributed by atoms with Crippen molar-refractivity contribution in [1.82, 2.24) is 0 Å². The van der Waals surface area contributed by atoms with Gasteiger partial charge in [0.05, 0.1) is 14.2 Å². The fraction of sp³-hybridized carbons (Fsp3) is 0.419. The summed E-state index contributed by atoms with van der Waals surface area (Å²) in [6, 6.07) is 25.5. The molecular weight excluding hydrogens is 504 g/mol. The molecule has 4 rings (SSSR count). The number of rotatable bonds is 8. The lowest BCUT2D eigenvalue weighted by molar-refractivity contribution is 0.0609. The van der Waals surface area contributed by atoms with E-state index in [1.165, 1.54) is 28.2 Å². The van der Waals surface area contributed by atoms with E-state index in [1.807, 2.05) is 35.7 Å². The summed E-state index contributed by atoms with van der Waals surface area (Å²) in [6.45, 7) is 9.83. The van der Waals surface area contributed by atoms with Gasteiger partial charge < -0.3 is 9.47 Å². The summed E-state index contributed by atoms with van der Waals surface area (Å²) in [7, 11) is 3.43. The van der Waals surface area contributed by atoms with Crippen LogP contribution in [0.2, 0.25) is 5.02 Å². The first-order valence-electron chi connectivity index (χ1n) is 12.5. The lowest BCUT2D eigenvalue weighted by Crippen LogP contribution is -2.46. The highest BCUT2D eigenvalue weighted by atomic mass is 35.5. The molecule has 36 heavy (non-hydrogen) atoms. The molecule has 0 radical (unpaired) electrons. The second-order valence-corrected chi connectivity index (χ2v) is 14.0. The molecule has 0 bridgehead atoms. The fourth-order valence-electron chi connectivity index (χ4n) is 5.29. The Bertz CT molecular complexity index is 1120. The van der Waals surface area contributed by atoms with Gasteiger partial charge >= 0.3 is 0 Å². The van der Waals surface area contributed by atoms with Crippen molar-refractivity contribution in [3.63, 3.8) is 0 Å². The highest BCUT2D eigenvalue weighted by molar-refractivity contribution is 8.00. The minimum Gasteiger partial charge on any atom is -0.497 e. The van der Waals surface area contributed by atoms with E-state index in [0.29, 0.717) is 16.4 Å². The first-order valence-corrected chi connectivity index (χ1v) is 14.6. The van der Waals surface area contributed by atoms with Crippen LogP contribution < -0.4 is 9.47 Å². The molecule has 1 saturated carbocycles. The molecule has 0 aliphatic heterocycles. The molecule has 5 heteroatoms. The van der Waals surface area contributed by atoms with Crippen molar-refractivity contribution in [2.45, 2.75) is 60.8 Å². The van der Waals surface area contributed by atoms with E-state index >= 15 is 0 Å². The van der Waals surface area contributed by atoms with Crippen LogP contribution in [-0.2, 0) is 0 Å². The third kappa shape index (κ3) is 6.38. The zero-order chi connectivity index (χ0) is 25.9. The molecule has 0 saturated heterocycles. The largest absolute Gasteiger partial charge is 0.497 e. The summed E-state index contributed by atoms with van der Waals surface area (Å²) >= 11 is 10.3. The van der Waals surface area contributed by atoms with Crippen LogP contribution in [-0.4, -0.2) is 19.5 Å². The van der Waals surface area contributed by atoms with Gasteiger partial charge in [0.2, 0.25) is 0 Å². The highest BCUT2D eigenvalue weighted by Crippen LogP contribution is 2.61. The number of halogens is 1. The van der Waals surface area contributed by atoms with Gasteiger partial charge in [0, 0.05) is 25.3 Å². The minimum atomic E-state index is 0.115. The maximum absolute atomic E-state index is 6.30. The van der Waals surface area contributed by atoms with Crippen LogP contribution in [0.15, 0.2) is 82.6 Å². The number of thioether (sulfide) groups is 2. The van der Waals surface area contributed by atoms with E-state index in [2.05, 4.69) is 88.4 Å². The lowest BCUT2D eigenvalue weighted by Gasteiger charge is -2.53. The Kier molecular flexibility index (Phi) is 8.59. The van der Waals surface area contributed by atoms with Crippen molar-refractivity contribution in [3.05, 3.63) is 83.4 Å². The van der Waals surface area contributed by atoms with Crippen LogP contribution in [0, 0.1) is 16.7 Å². The van der Waals surface area contributed by atoms with Gasteiger partial charge in [0.1, 0.15) is 11.5 Å². The predicted molar refractivity (Wildman–Crippen MR) is 156 cm³/mol. The summed E-state index contributed by atoms with van der Waals surface area (Å²) < 4.78 is 10.8. The Hall–Kier alpha value is -1.75. The minimum absolute atomic E-state index is 0.115. The first-order chi connectivity index (χ1) is 17.1. The Morgan fingerprint density at radius 2 is 1.28 bits per heavy atom. The molecular formula is C31H37ClO2S2. The average molecular weight is 541 g/mol. The fourth-order valence-corrected chi connectivity index (χ4v) is 8.54. The predicted octanol–water partition coefficient (Wildman–Crippen LogP) is 9.81. The Labute approximate surface area is 230 Å². The number of methoxy groups -OCH3 is 2. The molecule has 192 valence electrons. The zero-order valence-corrected chi connectivity index (χ0v) is 24.5. The van der Waals surface area contributed by atoms with Gasteiger partial charge in [-0.05, 0) is 95.8 Å². The SMILES string of the molecule is COc1ccc(SC(c2ccc(Cl)cc2)[C@H]2CC(C)(C)C[C@@H](Sc3ccc(OC)cc3)C2(C)C)cc1. The highest BCUT2D eigenvalue weighted by Gasteiger charge is 2.50. The monoisotopic (exact) mass is 540 g/mol.